The molecule has 2 heterocycles. The first-order valence-electron chi connectivity index (χ1n) is 6.63. The summed E-state index contributed by atoms with van der Waals surface area (Å²) in [7, 11) is 1.72. The number of rotatable bonds is 3. The molecule has 2 aliphatic heterocycles. The minimum absolute atomic E-state index is 0.0518. The van der Waals surface area contributed by atoms with Crippen molar-refractivity contribution < 1.29 is 9.53 Å². The number of carbonyl (C=O) groups is 1. The predicted molar refractivity (Wildman–Crippen MR) is 66.6 cm³/mol. The number of fused-ring (bicyclic) bond motifs is 1. The molecule has 0 spiro atoms. The average molecular weight is 240 g/mol. The molecule has 1 N–H and O–H groups in total. The molecular weight excluding hydrogens is 216 g/mol. The first-order chi connectivity index (χ1) is 8.11. The molecular formula is C13H24N2O2. The minimum atomic E-state index is 0.0518. The number of hydrogen-bond acceptors (Lipinski definition) is 3. The molecule has 2 saturated heterocycles. The van der Waals surface area contributed by atoms with Gasteiger partial charge in [0.15, 0.2) is 0 Å². The number of carbonyl (C=O) groups excluding carboxylic acids is 1. The fourth-order valence-electron chi connectivity index (χ4n) is 3.21. The molecule has 2 fully saturated rings. The van der Waals surface area contributed by atoms with Crippen LogP contribution in [-0.2, 0) is 9.53 Å². The third-order valence-corrected chi connectivity index (χ3v) is 3.92. The van der Waals surface area contributed by atoms with Crippen molar-refractivity contribution in [3.8, 4) is 0 Å². The molecule has 4 nitrogen and oxygen atoms in total. The quantitative estimate of drug-likeness (QED) is 0.785. The van der Waals surface area contributed by atoms with E-state index in [1.165, 1.54) is 0 Å². The third kappa shape index (κ3) is 2.80. The molecule has 0 radical (unpaired) electrons. The van der Waals surface area contributed by atoms with E-state index in [0.29, 0.717) is 24.4 Å². The molecule has 2 rings (SSSR count). The predicted octanol–water partition coefficient (Wildman–Crippen LogP) is 0.583. The Labute approximate surface area is 104 Å². The summed E-state index contributed by atoms with van der Waals surface area (Å²) >= 11 is 0. The standard InChI is InChI=1S/C13H24N2O2/c1-9(2)4-15-5-10-7-17-8-12(11(10)6-15)13(16)14-3/h9-12H,4-8H2,1-3H3,(H,14,16)/t10-,11-,12-/m1/s1. The summed E-state index contributed by atoms with van der Waals surface area (Å²) in [5.74, 6) is 1.92. The van der Waals surface area contributed by atoms with Crippen molar-refractivity contribution in [3.63, 3.8) is 0 Å². The topological polar surface area (TPSA) is 41.6 Å². The summed E-state index contributed by atoms with van der Waals surface area (Å²) in [6, 6.07) is 0. The van der Waals surface area contributed by atoms with Crippen LogP contribution >= 0.6 is 0 Å². The van der Waals surface area contributed by atoms with Gasteiger partial charge in [-0.05, 0) is 17.8 Å². The van der Waals surface area contributed by atoms with Crippen LogP contribution in [0.4, 0.5) is 0 Å². The number of hydrogen-bond donors (Lipinski definition) is 1. The van der Waals surface area contributed by atoms with E-state index in [-0.39, 0.29) is 11.8 Å². The van der Waals surface area contributed by atoms with Crippen molar-refractivity contribution in [3.05, 3.63) is 0 Å². The maximum atomic E-state index is 11.8. The lowest BCUT2D eigenvalue weighted by Gasteiger charge is -2.31. The molecule has 0 aromatic carbocycles. The normalized spacial score (nSPS) is 33.8. The SMILES string of the molecule is CNC(=O)[C@@H]1COC[C@H]2CN(CC(C)C)C[C@H]21. The van der Waals surface area contributed by atoms with Crippen LogP contribution in [0.2, 0.25) is 0 Å². The zero-order valence-electron chi connectivity index (χ0n) is 11.1. The summed E-state index contributed by atoms with van der Waals surface area (Å²) in [6.45, 7) is 9.20. The van der Waals surface area contributed by atoms with Gasteiger partial charge in [0.2, 0.25) is 5.91 Å². The average Bonchev–Trinajstić information content (AvgIpc) is 2.68. The highest BCUT2D eigenvalue weighted by molar-refractivity contribution is 5.79. The molecule has 2 aliphatic rings. The molecule has 0 aliphatic carbocycles. The molecule has 1 amide bonds. The molecule has 0 aromatic rings. The highest BCUT2D eigenvalue weighted by Crippen LogP contribution is 2.34. The Balaban J connectivity index is 1.99. The van der Waals surface area contributed by atoms with Gasteiger partial charge in [0.1, 0.15) is 0 Å². The van der Waals surface area contributed by atoms with Gasteiger partial charge < -0.3 is 15.0 Å². The van der Waals surface area contributed by atoms with Crippen LogP contribution in [0.1, 0.15) is 13.8 Å². The van der Waals surface area contributed by atoms with E-state index in [1.54, 1.807) is 7.05 Å². The first-order valence-corrected chi connectivity index (χ1v) is 6.63. The molecule has 17 heavy (non-hydrogen) atoms. The number of likely N-dealkylation sites (tertiary alicyclic amines) is 1. The second kappa shape index (κ2) is 5.36. The number of nitrogens with one attached hydrogen (secondary N) is 1. The monoisotopic (exact) mass is 240 g/mol. The van der Waals surface area contributed by atoms with E-state index in [0.717, 1.165) is 26.2 Å². The lowest BCUT2D eigenvalue weighted by Crippen LogP contribution is -2.43. The van der Waals surface area contributed by atoms with Gasteiger partial charge in [-0.2, -0.15) is 0 Å². The van der Waals surface area contributed by atoms with Crippen molar-refractivity contribution in [1.82, 2.24) is 10.2 Å². The molecule has 0 aromatic heterocycles. The smallest absolute Gasteiger partial charge is 0.225 e. The molecule has 3 atom stereocenters. The van der Waals surface area contributed by atoms with Gasteiger partial charge in [0.05, 0.1) is 19.1 Å². The summed E-state index contributed by atoms with van der Waals surface area (Å²) in [6.07, 6.45) is 0. The number of amides is 1. The van der Waals surface area contributed by atoms with E-state index in [2.05, 4.69) is 24.1 Å². The van der Waals surface area contributed by atoms with Gasteiger partial charge >= 0.3 is 0 Å². The highest BCUT2D eigenvalue weighted by Gasteiger charge is 2.43. The van der Waals surface area contributed by atoms with Gasteiger partial charge in [-0.3, -0.25) is 4.79 Å². The molecule has 4 heteroatoms. The van der Waals surface area contributed by atoms with E-state index in [9.17, 15) is 4.79 Å². The van der Waals surface area contributed by atoms with Gasteiger partial charge in [0.25, 0.3) is 0 Å². The second-order valence-electron chi connectivity index (χ2n) is 5.79. The summed E-state index contributed by atoms with van der Waals surface area (Å²) in [5.41, 5.74) is 0. The summed E-state index contributed by atoms with van der Waals surface area (Å²) in [4.78, 5) is 14.3. The van der Waals surface area contributed by atoms with Gasteiger partial charge in [-0.1, -0.05) is 13.8 Å². The van der Waals surface area contributed by atoms with Crippen molar-refractivity contribution in [1.29, 1.82) is 0 Å². The van der Waals surface area contributed by atoms with Crippen molar-refractivity contribution in [2.24, 2.45) is 23.7 Å². The molecule has 0 unspecified atom stereocenters. The van der Waals surface area contributed by atoms with Crippen LogP contribution in [0.15, 0.2) is 0 Å². The summed E-state index contributed by atoms with van der Waals surface area (Å²) in [5, 5.41) is 2.77. The Morgan fingerprint density at radius 3 is 2.82 bits per heavy atom. The number of nitrogens with zero attached hydrogens (tertiary/aromatic N) is 1. The zero-order valence-corrected chi connectivity index (χ0v) is 11.1. The number of ether oxygens (including phenoxy) is 1. The van der Waals surface area contributed by atoms with Crippen LogP contribution in [-0.4, -0.2) is 50.7 Å². The van der Waals surface area contributed by atoms with Gasteiger partial charge in [-0.25, -0.2) is 0 Å². The van der Waals surface area contributed by atoms with Crippen LogP contribution in [0, 0.1) is 23.7 Å². The molecule has 0 saturated carbocycles. The van der Waals surface area contributed by atoms with Crippen molar-refractivity contribution >= 4 is 5.91 Å². The van der Waals surface area contributed by atoms with Crippen LogP contribution in [0.25, 0.3) is 0 Å². The maximum Gasteiger partial charge on any atom is 0.225 e. The van der Waals surface area contributed by atoms with Crippen molar-refractivity contribution in [2.45, 2.75) is 13.8 Å². The van der Waals surface area contributed by atoms with Crippen LogP contribution in [0.5, 0.6) is 0 Å². The van der Waals surface area contributed by atoms with Crippen LogP contribution in [0.3, 0.4) is 0 Å². The maximum absolute atomic E-state index is 11.8. The Bertz CT molecular complexity index is 281. The Kier molecular flexibility index (Phi) is 4.05. The summed E-state index contributed by atoms with van der Waals surface area (Å²) < 4.78 is 5.58. The van der Waals surface area contributed by atoms with E-state index < -0.39 is 0 Å². The van der Waals surface area contributed by atoms with E-state index >= 15 is 0 Å². The highest BCUT2D eigenvalue weighted by atomic mass is 16.5. The zero-order chi connectivity index (χ0) is 12.4. The fourth-order valence-corrected chi connectivity index (χ4v) is 3.21. The van der Waals surface area contributed by atoms with Gasteiger partial charge in [-0.15, -0.1) is 0 Å². The Hall–Kier alpha value is -0.610. The van der Waals surface area contributed by atoms with Crippen LogP contribution < -0.4 is 5.32 Å². The second-order valence-corrected chi connectivity index (χ2v) is 5.79. The lowest BCUT2D eigenvalue weighted by molar-refractivity contribution is -0.133. The Morgan fingerprint density at radius 2 is 2.18 bits per heavy atom. The van der Waals surface area contributed by atoms with E-state index in [4.69, 9.17) is 4.74 Å². The fraction of sp³-hybridized carbons (Fsp3) is 0.923. The third-order valence-electron chi connectivity index (χ3n) is 3.92. The first kappa shape index (κ1) is 12.8. The molecule has 98 valence electrons. The minimum Gasteiger partial charge on any atom is -0.380 e. The van der Waals surface area contributed by atoms with Crippen molar-refractivity contribution in [2.75, 3.05) is 39.9 Å². The largest absolute Gasteiger partial charge is 0.380 e. The lowest BCUT2D eigenvalue weighted by atomic mass is 9.82. The van der Waals surface area contributed by atoms with E-state index in [1.807, 2.05) is 0 Å². The molecule has 0 bridgehead atoms. The van der Waals surface area contributed by atoms with Gasteiger partial charge in [0, 0.05) is 26.7 Å². The Morgan fingerprint density at radius 1 is 1.41 bits per heavy atom.